The van der Waals surface area contributed by atoms with Crippen LogP contribution in [0.1, 0.15) is 16.7 Å². The van der Waals surface area contributed by atoms with Gasteiger partial charge < -0.3 is 5.73 Å². The van der Waals surface area contributed by atoms with E-state index in [9.17, 15) is 0 Å². The van der Waals surface area contributed by atoms with Crippen LogP contribution in [0, 0.1) is 6.92 Å². The van der Waals surface area contributed by atoms with Crippen LogP contribution in [0.4, 0.5) is 0 Å². The molecule has 100 valence electrons. The highest BCUT2D eigenvalue weighted by Gasteiger charge is 2.07. The SMILES string of the molecule is Cc1ccccc1CSc1cccc(Cl)c1CCN. The fourth-order valence-electron chi connectivity index (χ4n) is 1.99. The maximum absolute atomic E-state index is 6.25. The lowest BCUT2D eigenvalue weighted by molar-refractivity contribution is 0.944. The molecule has 1 nitrogen and oxygen atoms in total. The van der Waals surface area contributed by atoms with Crippen molar-refractivity contribution in [2.45, 2.75) is 24.0 Å². The molecular formula is C16H18ClNS. The predicted octanol–water partition coefficient (Wildman–Crippen LogP) is 4.44. The third-order valence-corrected chi connectivity index (χ3v) is 4.62. The molecule has 0 aliphatic rings. The van der Waals surface area contributed by atoms with Crippen molar-refractivity contribution >= 4 is 23.4 Å². The number of rotatable bonds is 5. The van der Waals surface area contributed by atoms with Crippen LogP contribution in [-0.4, -0.2) is 6.54 Å². The molecule has 2 N–H and O–H groups in total. The highest BCUT2D eigenvalue weighted by Crippen LogP contribution is 2.31. The number of hydrogen-bond donors (Lipinski definition) is 1. The molecule has 2 aromatic carbocycles. The molecule has 3 heteroatoms. The number of halogens is 1. The Bertz CT molecular complexity index is 554. The van der Waals surface area contributed by atoms with Crippen molar-refractivity contribution in [3.8, 4) is 0 Å². The van der Waals surface area contributed by atoms with Gasteiger partial charge in [0.15, 0.2) is 0 Å². The summed E-state index contributed by atoms with van der Waals surface area (Å²) in [6.07, 6.45) is 0.829. The largest absolute Gasteiger partial charge is 0.330 e. The smallest absolute Gasteiger partial charge is 0.0449 e. The maximum Gasteiger partial charge on any atom is 0.0449 e. The van der Waals surface area contributed by atoms with Crippen LogP contribution in [0.25, 0.3) is 0 Å². The molecule has 0 unspecified atom stereocenters. The molecule has 2 aromatic rings. The van der Waals surface area contributed by atoms with Gasteiger partial charge >= 0.3 is 0 Å². The van der Waals surface area contributed by atoms with E-state index in [4.69, 9.17) is 17.3 Å². The van der Waals surface area contributed by atoms with Gasteiger partial charge in [0.05, 0.1) is 0 Å². The van der Waals surface area contributed by atoms with E-state index in [0.29, 0.717) is 6.54 Å². The Kier molecular flexibility index (Phi) is 5.32. The summed E-state index contributed by atoms with van der Waals surface area (Å²) in [4.78, 5) is 1.24. The van der Waals surface area contributed by atoms with E-state index in [1.165, 1.54) is 21.6 Å². The Labute approximate surface area is 124 Å². The van der Waals surface area contributed by atoms with Gasteiger partial charge in [0.25, 0.3) is 0 Å². The first kappa shape index (κ1) is 14.4. The summed E-state index contributed by atoms with van der Waals surface area (Å²) in [5.74, 6) is 0.963. The van der Waals surface area contributed by atoms with E-state index in [0.717, 1.165) is 17.2 Å². The minimum Gasteiger partial charge on any atom is -0.330 e. The Morgan fingerprint density at radius 3 is 2.63 bits per heavy atom. The fraction of sp³-hybridized carbons (Fsp3) is 0.250. The topological polar surface area (TPSA) is 26.0 Å². The van der Waals surface area contributed by atoms with Crippen LogP contribution in [0.15, 0.2) is 47.4 Å². The Morgan fingerprint density at radius 2 is 1.89 bits per heavy atom. The summed E-state index contributed by atoms with van der Waals surface area (Å²) in [5.41, 5.74) is 9.53. The number of benzene rings is 2. The number of thioether (sulfide) groups is 1. The van der Waals surface area contributed by atoms with Crippen LogP contribution in [0.5, 0.6) is 0 Å². The normalized spacial score (nSPS) is 10.7. The lowest BCUT2D eigenvalue weighted by Gasteiger charge is -2.11. The monoisotopic (exact) mass is 291 g/mol. The summed E-state index contributed by atoms with van der Waals surface area (Å²) in [6.45, 7) is 2.77. The van der Waals surface area contributed by atoms with Gasteiger partial charge in [-0.15, -0.1) is 11.8 Å². The molecule has 0 fully saturated rings. The quantitative estimate of drug-likeness (QED) is 0.824. The lowest BCUT2D eigenvalue weighted by Crippen LogP contribution is -2.04. The van der Waals surface area contributed by atoms with Gasteiger partial charge in [-0.1, -0.05) is 41.9 Å². The Morgan fingerprint density at radius 1 is 1.11 bits per heavy atom. The molecule has 2 rings (SSSR count). The van der Waals surface area contributed by atoms with Crippen LogP contribution in [0.2, 0.25) is 5.02 Å². The van der Waals surface area contributed by atoms with E-state index < -0.39 is 0 Å². The third kappa shape index (κ3) is 3.75. The Balaban J connectivity index is 2.16. The number of hydrogen-bond acceptors (Lipinski definition) is 2. The first-order chi connectivity index (χ1) is 9.22. The summed E-state index contributed by atoms with van der Waals surface area (Å²) >= 11 is 8.08. The van der Waals surface area contributed by atoms with Crippen molar-refractivity contribution in [2.24, 2.45) is 5.73 Å². The molecule has 0 spiro atoms. The van der Waals surface area contributed by atoms with Gasteiger partial charge in [0, 0.05) is 15.7 Å². The summed E-state index contributed by atoms with van der Waals surface area (Å²) in [7, 11) is 0. The maximum atomic E-state index is 6.25. The first-order valence-corrected chi connectivity index (χ1v) is 7.73. The average molecular weight is 292 g/mol. The van der Waals surface area contributed by atoms with Crippen molar-refractivity contribution in [3.63, 3.8) is 0 Å². The summed E-state index contributed by atoms with van der Waals surface area (Å²) in [6, 6.07) is 14.5. The zero-order chi connectivity index (χ0) is 13.7. The molecule has 0 radical (unpaired) electrons. The second-order valence-electron chi connectivity index (χ2n) is 4.47. The number of nitrogens with two attached hydrogens (primary N) is 1. The van der Waals surface area contributed by atoms with E-state index in [1.54, 1.807) is 0 Å². The summed E-state index contributed by atoms with van der Waals surface area (Å²) < 4.78 is 0. The molecule has 0 amide bonds. The van der Waals surface area contributed by atoms with Crippen LogP contribution in [0.3, 0.4) is 0 Å². The molecule has 0 aromatic heterocycles. The van der Waals surface area contributed by atoms with Crippen molar-refractivity contribution in [3.05, 3.63) is 64.2 Å². The second kappa shape index (κ2) is 6.99. The summed E-state index contributed by atoms with van der Waals surface area (Å²) in [5, 5.41) is 0.820. The van der Waals surface area contributed by atoms with Gasteiger partial charge in [-0.3, -0.25) is 0 Å². The fourth-order valence-corrected chi connectivity index (χ4v) is 3.51. The van der Waals surface area contributed by atoms with Crippen LogP contribution >= 0.6 is 23.4 Å². The molecule has 0 saturated heterocycles. The highest BCUT2D eigenvalue weighted by atomic mass is 35.5. The standard InChI is InChI=1S/C16H18ClNS/c1-12-5-2-3-6-13(12)11-19-16-8-4-7-15(17)14(16)9-10-18/h2-8H,9-11,18H2,1H3. The Hall–Kier alpha value is -0.960. The van der Waals surface area contributed by atoms with Gasteiger partial charge in [-0.2, -0.15) is 0 Å². The molecule has 0 saturated carbocycles. The lowest BCUT2D eigenvalue weighted by atomic mass is 10.1. The van der Waals surface area contributed by atoms with Crippen molar-refractivity contribution in [1.82, 2.24) is 0 Å². The molecular weight excluding hydrogens is 274 g/mol. The first-order valence-electron chi connectivity index (χ1n) is 6.37. The van der Waals surface area contributed by atoms with E-state index >= 15 is 0 Å². The molecule has 0 heterocycles. The number of aryl methyl sites for hydroxylation is 1. The van der Waals surface area contributed by atoms with E-state index in [-0.39, 0.29) is 0 Å². The van der Waals surface area contributed by atoms with E-state index in [2.05, 4.69) is 37.3 Å². The van der Waals surface area contributed by atoms with Crippen LogP contribution in [-0.2, 0) is 12.2 Å². The second-order valence-corrected chi connectivity index (χ2v) is 5.89. The molecule has 0 atom stereocenters. The molecule has 19 heavy (non-hydrogen) atoms. The zero-order valence-electron chi connectivity index (χ0n) is 11.0. The van der Waals surface area contributed by atoms with Crippen molar-refractivity contribution in [1.29, 1.82) is 0 Å². The van der Waals surface area contributed by atoms with Crippen LogP contribution < -0.4 is 5.73 Å². The zero-order valence-corrected chi connectivity index (χ0v) is 12.6. The minimum absolute atomic E-state index is 0.627. The third-order valence-electron chi connectivity index (χ3n) is 3.11. The molecule has 0 bridgehead atoms. The highest BCUT2D eigenvalue weighted by molar-refractivity contribution is 7.98. The van der Waals surface area contributed by atoms with Gasteiger partial charge in [-0.25, -0.2) is 0 Å². The predicted molar refractivity (Wildman–Crippen MR) is 85.0 cm³/mol. The van der Waals surface area contributed by atoms with Crippen molar-refractivity contribution in [2.75, 3.05) is 6.54 Å². The molecule has 0 aliphatic carbocycles. The van der Waals surface area contributed by atoms with E-state index in [1.807, 2.05) is 23.9 Å². The van der Waals surface area contributed by atoms with Gasteiger partial charge in [-0.05, 0) is 48.7 Å². The van der Waals surface area contributed by atoms with Gasteiger partial charge in [0.2, 0.25) is 0 Å². The average Bonchev–Trinajstić information content (AvgIpc) is 2.41. The molecule has 0 aliphatic heterocycles. The van der Waals surface area contributed by atoms with Crippen molar-refractivity contribution < 1.29 is 0 Å². The minimum atomic E-state index is 0.627. The van der Waals surface area contributed by atoms with Gasteiger partial charge in [0.1, 0.15) is 0 Å².